The fraction of sp³-hybridized carbons (Fsp3) is 0.923. The zero-order chi connectivity index (χ0) is 11.3. The Hall–Kier alpha value is -0.530. The van der Waals surface area contributed by atoms with E-state index in [1.54, 1.807) is 0 Å². The third kappa shape index (κ3) is 3.84. The van der Waals surface area contributed by atoms with Gasteiger partial charge in [0.05, 0.1) is 5.84 Å². The molecule has 0 amide bonds. The van der Waals surface area contributed by atoms with Gasteiger partial charge in [0.2, 0.25) is 0 Å². The van der Waals surface area contributed by atoms with E-state index in [0.29, 0.717) is 6.04 Å². The van der Waals surface area contributed by atoms with Crippen LogP contribution in [0, 0.1) is 11.3 Å². The highest BCUT2D eigenvalue weighted by Crippen LogP contribution is 2.24. The van der Waals surface area contributed by atoms with Gasteiger partial charge in [0, 0.05) is 19.0 Å². The molecule has 0 aromatic rings. The van der Waals surface area contributed by atoms with Crippen molar-refractivity contribution in [3.8, 4) is 0 Å². The number of hydrogen-bond donors (Lipinski definition) is 1. The van der Waals surface area contributed by atoms with Crippen molar-refractivity contribution in [1.29, 1.82) is 5.41 Å². The Bertz CT molecular complexity index is 193. The smallest absolute Gasteiger partial charge is 0.0957 e. The van der Waals surface area contributed by atoms with Gasteiger partial charge in [-0.25, -0.2) is 0 Å². The van der Waals surface area contributed by atoms with Crippen molar-refractivity contribution in [2.45, 2.75) is 65.3 Å². The maximum absolute atomic E-state index is 8.03. The van der Waals surface area contributed by atoms with E-state index >= 15 is 0 Å². The molecule has 1 fully saturated rings. The van der Waals surface area contributed by atoms with Crippen LogP contribution in [0.5, 0.6) is 0 Å². The van der Waals surface area contributed by atoms with Crippen LogP contribution in [-0.4, -0.2) is 23.3 Å². The molecular formula is C13H26N2. The largest absolute Gasteiger partial charge is 0.358 e. The highest BCUT2D eigenvalue weighted by Gasteiger charge is 2.23. The maximum Gasteiger partial charge on any atom is 0.0957 e. The fourth-order valence-electron chi connectivity index (χ4n) is 2.35. The van der Waals surface area contributed by atoms with Crippen LogP contribution in [0.3, 0.4) is 0 Å². The molecular weight excluding hydrogens is 184 g/mol. The average molecular weight is 210 g/mol. The summed E-state index contributed by atoms with van der Waals surface area (Å²) >= 11 is 0. The zero-order valence-corrected chi connectivity index (χ0v) is 10.6. The molecule has 0 aliphatic heterocycles. The predicted molar refractivity (Wildman–Crippen MR) is 66.4 cm³/mol. The zero-order valence-electron chi connectivity index (χ0n) is 10.6. The quantitative estimate of drug-likeness (QED) is 0.544. The number of rotatable bonds is 5. The van der Waals surface area contributed by atoms with Gasteiger partial charge in [0.1, 0.15) is 0 Å². The lowest BCUT2D eigenvalue weighted by Crippen LogP contribution is -2.39. The monoisotopic (exact) mass is 210 g/mol. The standard InChI is InChI=1S/C13H26N2/c1-4-13(14)15(10-9-11(2)3)12-7-5-6-8-12/h11-12,14H,4-10H2,1-3H3. The summed E-state index contributed by atoms with van der Waals surface area (Å²) in [5, 5.41) is 8.03. The van der Waals surface area contributed by atoms with Crippen molar-refractivity contribution in [1.82, 2.24) is 4.90 Å². The van der Waals surface area contributed by atoms with E-state index in [9.17, 15) is 0 Å². The van der Waals surface area contributed by atoms with Gasteiger partial charge in [-0.15, -0.1) is 0 Å². The van der Waals surface area contributed by atoms with E-state index in [0.717, 1.165) is 24.7 Å². The Labute approximate surface area is 94.6 Å². The highest BCUT2D eigenvalue weighted by molar-refractivity contribution is 5.79. The molecule has 0 spiro atoms. The van der Waals surface area contributed by atoms with Gasteiger partial charge in [0.25, 0.3) is 0 Å². The topological polar surface area (TPSA) is 27.1 Å². The van der Waals surface area contributed by atoms with E-state index in [4.69, 9.17) is 5.41 Å². The summed E-state index contributed by atoms with van der Waals surface area (Å²) in [6, 6.07) is 0.677. The van der Waals surface area contributed by atoms with Gasteiger partial charge in [0.15, 0.2) is 0 Å². The van der Waals surface area contributed by atoms with E-state index in [2.05, 4.69) is 25.7 Å². The lowest BCUT2D eigenvalue weighted by Gasteiger charge is -2.31. The number of hydrogen-bond acceptors (Lipinski definition) is 1. The summed E-state index contributed by atoms with van der Waals surface area (Å²) in [5.41, 5.74) is 0. The Kier molecular flexibility index (Phi) is 5.13. The molecule has 1 N–H and O–H groups in total. The predicted octanol–water partition coefficient (Wildman–Crippen LogP) is 3.66. The molecule has 0 bridgehead atoms. The summed E-state index contributed by atoms with van der Waals surface area (Å²) in [5.74, 6) is 1.60. The second-order valence-corrected chi connectivity index (χ2v) is 5.11. The van der Waals surface area contributed by atoms with Gasteiger partial charge < -0.3 is 4.90 Å². The van der Waals surface area contributed by atoms with Crippen LogP contribution in [0.25, 0.3) is 0 Å². The number of amidine groups is 1. The SMILES string of the molecule is CCC(=N)N(CCC(C)C)C1CCCC1. The summed E-state index contributed by atoms with van der Waals surface area (Å²) in [6.07, 6.45) is 7.44. The first kappa shape index (κ1) is 12.5. The first-order chi connectivity index (χ1) is 7.15. The molecule has 1 aliphatic carbocycles. The molecule has 0 saturated heterocycles. The normalized spacial score (nSPS) is 17.3. The molecule has 1 rings (SSSR count). The lowest BCUT2D eigenvalue weighted by molar-refractivity contribution is 0.290. The summed E-state index contributed by atoms with van der Waals surface area (Å²) in [4.78, 5) is 2.37. The van der Waals surface area contributed by atoms with Gasteiger partial charge in [-0.05, 0) is 25.2 Å². The molecule has 1 aliphatic rings. The van der Waals surface area contributed by atoms with Gasteiger partial charge in [-0.1, -0.05) is 33.6 Å². The van der Waals surface area contributed by atoms with Crippen LogP contribution >= 0.6 is 0 Å². The van der Waals surface area contributed by atoms with Gasteiger partial charge >= 0.3 is 0 Å². The average Bonchev–Trinajstić information content (AvgIpc) is 2.70. The Morgan fingerprint density at radius 3 is 2.40 bits per heavy atom. The minimum absolute atomic E-state index is 0.677. The van der Waals surface area contributed by atoms with Crippen LogP contribution in [0.1, 0.15) is 59.3 Å². The van der Waals surface area contributed by atoms with Crippen molar-refractivity contribution in [2.24, 2.45) is 5.92 Å². The van der Waals surface area contributed by atoms with Crippen molar-refractivity contribution in [3.05, 3.63) is 0 Å². The molecule has 15 heavy (non-hydrogen) atoms. The minimum atomic E-state index is 0.677. The summed E-state index contributed by atoms with van der Waals surface area (Å²) < 4.78 is 0. The van der Waals surface area contributed by atoms with Crippen molar-refractivity contribution in [2.75, 3.05) is 6.54 Å². The van der Waals surface area contributed by atoms with E-state index in [1.807, 2.05) is 0 Å². The fourth-order valence-corrected chi connectivity index (χ4v) is 2.35. The molecule has 0 atom stereocenters. The molecule has 0 aromatic heterocycles. The Morgan fingerprint density at radius 1 is 1.33 bits per heavy atom. The van der Waals surface area contributed by atoms with E-state index < -0.39 is 0 Å². The Morgan fingerprint density at radius 2 is 1.93 bits per heavy atom. The van der Waals surface area contributed by atoms with Crippen LogP contribution in [0.4, 0.5) is 0 Å². The first-order valence-corrected chi connectivity index (χ1v) is 6.49. The van der Waals surface area contributed by atoms with Gasteiger partial charge in [-0.3, -0.25) is 5.41 Å². The third-order valence-electron chi connectivity index (χ3n) is 3.39. The van der Waals surface area contributed by atoms with Crippen LogP contribution in [0.2, 0.25) is 0 Å². The van der Waals surface area contributed by atoms with Crippen molar-refractivity contribution in [3.63, 3.8) is 0 Å². The molecule has 0 aromatic carbocycles. The van der Waals surface area contributed by atoms with Gasteiger partial charge in [-0.2, -0.15) is 0 Å². The molecule has 2 nitrogen and oxygen atoms in total. The molecule has 0 radical (unpaired) electrons. The molecule has 1 saturated carbocycles. The van der Waals surface area contributed by atoms with Crippen LogP contribution in [-0.2, 0) is 0 Å². The minimum Gasteiger partial charge on any atom is -0.358 e. The first-order valence-electron chi connectivity index (χ1n) is 6.49. The highest BCUT2D eigenvalue weighted by atomic mass is 15.2. The third-order valence-corrected chi connectivity index (χ3v) is 3.39. The van der Waals surface area contributed by atoms with Crippen molar-refractivity contribution >= 4 is 5.84 Å². The lowest BCUT2D eigenvalue weighted by atomic mass is 10.1. The maximum atomic E-state index is 8.03. The molecule has 0 heterocycles. The number of nitrogens with zero attached hydrogens (tertiary/aromatic N) is 1. The molecule has 0 unspecified atom stereocenters. The second kappa shape index (κ2) is 6.14. The summed E-state index contributed by atoms with van der Waals surface area (Å²) in [7, 11) is 0. The molecule has 2 heteroatoms. The van der Waals surface area contributed by atoms with Crippen molar-refractivity contribution < 1.29 is 0 Å². The second-order valence-electron chi connectivity index (χ2n) is 5.11. The Balaban J connectivity index is 2.48. The summed E-state index contributed by atoms with van der Waals surface area (Å²) in [6.45, 7) is 7.72. The van der Waals surface area contributed by atoms with E-state index in [-0.39, 0.29) is 0 Å². The number of nitrogens with one attached hydrogen (secondary N) is 1. The van der Waals surface area contributed by atoms with Crippen LogP contribution < -0.4 is 0 Å². The van der Waals surface area contributed by atoms with E-state index in [1.165, 1.54) is 32.1 Å². The molecule has 88 valence electrons. The van der Waals surface area contributed by atoms with Crippen LogP contribution in [0.15, 0.2) is 0 Å².